The first kappa shape index (κ1) is 16.6. The Morgan fingerprint density at radius 3 is 2.46 bits per heavy atom. The summed E-state index contributed by atoms with van der Waals surface area (Å²) >= 11 is 0. The fourth-order valence-electron chi connectivity index (χ4n) is 3.67. The molecule has 0 unspecified atom stereocenters. The molecule has 2 aromatic carbocycles. The van der Waals surface area contributed by atoms with Crippen LogP contribution in [0.3, 0.4) is 0 Å². The molecular weight excluding hydrogens is 351 g/mol. The van der Waals surface area contributed by atoms with Crippen LogP contribution in [0.5, 0.6) is 0 Å². The molecule has 3 heterocycles. The second-order valence-corrected chi connectivity index (χ2v) is 6.95. The molecule has 3 aromatic heterocycles. The first-order valence-electron chi connectivity index (χ1n) is 9.12. The molecule has 0 radical (unpaired) electrons. The van der Waals surface area contributed by atoms with Crippen molar-refractivity contribution in [1.29, 1.82) is 0 Å². The van der Waals surface area contributed by atoms with E-state index in [1.165, 1.54) is 12.1 Å². The molecule has 5 rings (SSSR count). The lowest BCUT2D eigenvalue weighted by Gasteiger charge is -2.12. The molecule has 0 spiro atoms. The summed E-state index contributed by atoms with van der Waals surface area (Å²) in [6.07, 6.45) is 1.77. The third kappa shape index (κ3) is 2.57. The number of halogens is 1. The van der Waals surface area contributed by atoms with Crippen molar-refractivity contribution in [3.05, 3.63) is 83.9 Å². The van der Waals surface area contributed by atoms with Crippen LogP contribution in [0.1, 0.15) is 11.3 Å². The zero-order valence-corrected chi connectivity index (χ0v) is 15.5. The molecule has 0 saturated carbocycles. The zero-order chi connectivity index (χ0) is 19.3. The Morgan fingerprint density at radius 2 is 1.64 bits per heavy atom. The number of fused-ring (bicyclic) bond motifs is 3. The van der Waals surface area contributed by atoms with Gasteiger partial charge in [-0.1, -0.05) is 30.3 Å². The minimum absolute atomic E-state index is 0.258. The van der Waals surface area contributed by atoms with Crippen molar-refractivity contribution in [3.8, 4) is 22.4 Å². The van der Waals surface area contributed by atoms with Crippen LogP contribution in [0.25, 0.3) is 44.5 Å². The van der Waals surface area contributed by atoms with E-state index >= 15 is 0 Å². The summed E-state index contributed by atoms with van der Waals surface area (Å²) in [5, 5.41) is 2.00. The number of aromatic nitrogens is 2. The standard InChI is InChI=1S/C24H17FN2O/c1-14-5-11-19-20-12-6-15(2)27-24(20)28-23(19)21(14)22-18(4-3-13-26-22)16-7-9-17(25)10-8-16/h3-13H,1-2H3. The number of benzene rings is 2. The lowest BCUT2D eigenvalue weighted by atomic mass is 9.95. The van der Waals surface area contributed by atoms with Gasteiger partial charge < -0.3 is 4.42 Å². The van der Waals surface area contributed by atoms with Gasteiger partial charge in [0.25, 0.3) is 0 Å². The second-order valence-electron chi connectivity index (χ2n) is 6.95. The summed E-state index contributed by atoms with van der Waals surface area (Å²) in [5.41, 5.74) is 6.96. The molecule has 3 nitrogen and oxygen atoms in total. The van der Waals surface area contributed by atoms with E-state index in [1.54, 1.807) is 18.3 Å². The number of hydrogen-bond acceptors (Lipinski definition) is 3. The Balaban J connectivity index is 1.84. The van der Waals surface area contributed by atoms with Crippen LogP contribution in [0.2, 0.25) is 0 Å². The van der Waals surface area contributed by atoms with Crippen LogP contribution in [0, 0.1) is 19.7 Å². The van der Waals surface area contributed by atoms with Gasteiger partial charge in [0.1, 0.15) is 11.4 Å². The number of hydrogen-bond donors (Lipinski definition) is 0. The summed E-state index contributed by atoms with van der Waals surface area (Å²) in [7, 11) is 0. The molecule has 0 bridgehead atoms. The van der Waals surface area contributed by atoms with E-state index in [0.29, 0.717) is 5.71 Å². The van der Waals surface area contributed by atoms with Gasteiger partial charge in [-0.05, 0) is 55.3 Å². The highest BCUT2D eigenvalue weighted by atomic mass is 19.1. The number of nitrogens with zero attached hydrogens (tertiary/aromatic N) is 2. The third-order valence-corrected chi connectivity index (χ3v) is 5.05. The Labute approximate surface area is 161 Å². The molecule has 0 saturated heterocycles. The van der Waals surface area contributed by atoms with Crippen LogP contribution >= 0.6 is 0 Å². The fraction of sp³-hybridized carbons (Fsp3) is 0.0833. The van der Waals surface area contributed by atoms with Gasteiger partial charge >= 0.3 is 0 Å². The van der Waals surface area contributed by atoms with E-state index in [2.05, 4.69) is 22.1 Å². The van der Waals surface area contributed by atoms with Crippen molar-refractivity contribution in [3.63, 3.8) is 0 Å². The Kier molecular flexibility index (Phi) is 3.72. The highest BCUT2D eigenvalue weighted by molar-refractivity contribution is 6.10. The third-order valence-electron chi connectivity index (χ3n) is 5.05. The number of rotatable bonds is 2. The minimum atomic E-state index is -0.258. The van der Waals surface area contributed by atoms with Gasteiger partial charge in [0.2, 0.25) is 5.71 Å². The van der Waals surface area contributed by atoms with Crippen LogP contribution in [0.15, 0.2) is 71.3 Å². The molecule has 136 valence electrons. The topological polar surface area (TPSA) is 38.9 Å². The van der Waals surface area contributed by atoms with Gasteiger partial charge in [0, 0.05) is 33.8 Å². The fourth-order valence-corrected chi connectivity index (χ4v) is 3.67. The molecule has 28 heavy (non-hydrogen) atoms. The average molecular weight is 368 g/mol. The van der Waals surface area contributed by atoms with Crippen molar-refractivity contribution >= 4 is 22.1 Å². The van der Waals surface area contributed by atoms with Crippen molar-refractivity contribution < 1.29 is 8.81 Å². The van der Waals surface area contributed by atoms with Crippen molar-refractivity contribution in [2.75, 3.05) is 0 Å². The maximum Gasteiger partial charge on any atom is 0.227 e. The quantitative estimate of drug-likeness (QED) is 0.359. The lowest BCUT2D eigenvalue weighted by Crippen LogP contribution is -1.92. The van der Waals surface area contributed by atoms with E-state index in [0.717, 1.165) is 50.0 Å². The summed E-state index contributed by atoms with van der Waals surface area (Å²) in [6.45, 7) is 3.99. The predicted molar refractivity (Wildman–Crippen MR) is 110 cm³/mol. The number of aryl methyl sites for hydroxylation is 2. The van der Waals surface area contributed by atoms with Crippen molar-refractivity contribution in [2.24, 2.45) is 0 Å². The smallest absolute Gasteiger partial charge is 0.227 e. The first-order valence-corrected chi connectivity index (χ1v) is 9.12. The molecule has 0 N–H and O–H groups in total. The van der Waals surface area contributed by atoms with E-state index < -0.39 is 0 Å². The van der Waals surface area contributed by atoms with Gasteiger partial charge in [-0.3, -0.25) is 4.98 Å². The van der Waals surface area contributed by atoms with Gasteiger partial charge in [0.15, 0.2) is 0 Å². The van der Waals surface area contributed by atoms with Crippen molar-refractivity contribution in [1.82, 2.24) is 9.97 Å². The molecule has 0 aliphatic rings. The van der Waals surface area contributed by atoms with Crippen molar-refractivity contribution in [2.45, 2.75) is 13.8 Å². The highest BCUT2D eigenvalue weighted by Gasteiger charge is 2.19. The lowest BCUT2D eigenvalue weighted by molar-refractivity contribution is 0.628. The Bertz CT molecular complexity index is 1340. The SMILES string of the molecule is Cc1ccc2c(n1)oc1c(-c3ncccc3-c3ccc(F)cc3)c(C)ccc12. The van der Waals surface area contributed by atoms with Crippen LogP contribution < -0.4 is 0 Å². The monoisotopic (exact) mass is 368 g/mol. The van der Waals surface area contributed by atoms with E-state index in [1.807, 2.05) is 38.1 Å². The van der Waals surface area contributed by atoms with Gasteiger partial charge in [-0.2, -0.15) is 0 Å². The van der Waals surface area contributed by atoms with Gasteiger partial charge in [-0.25, -0.2) is 9.37 Å². The maximum atomic E-state index is 13.4. The maximum absolute atomic E-state index is 13.4. The largest absolute Gasteiger partial charge is 0.437 e. The van der Waals surface area contributed by atoms with E-state index in [-0.39, 0.29) is 5.82 Å². The van der Waals surface area contributed by atoms with E-state index in [4.69, 9.17) is 4.42 Å². The molecule has 0 fully saturated rings. The van der Waals surface area contributed by atoms with Crippen LogP contribution in [0.4, 0.5) is 4.39 Å². The van der Waals surface area contributed by atoms with Gasteiger partial charge in [-0.15, -0.1) is 0 Å². The molecule has 0 atom stereocenters. The molecule has 0 aliphatic heterocycles. The Morgan fingerprint density at radius 1 is 0.857 bits per heavy atom. The number of furan rings is 1. The normalized spacial score (nSPS) is 11.4. The molecule has 0 aliphatic carbocycles. The predicted octanol–water partition coefficient (Wildman–Crippen LogP) is 6.47. The number of pyridine rings is 2. The summed E-state index contributed by atoms with van der Waals surface area (Å²) < 4.78 is 19.6. The summed E-state index contributed by atoms with van der Waals surface area (Å²) in [4.78, 5) is 9.21. The zero-order valence-electron chi connectivity index (χ0n) is 15.5. The minimum Gasteiger partial charge on any atom is -0.437 e. The first-order chi connectivity index (χ1) is 13.6. The van der Waals surface area contributed by atoms with E-state index in [9.17, 15) is 4.39 Å². The molecule has 4 heteroatoms. The summed E-state index contributed by atoms with van der Waals surface area (Å²) in [5.74, 6) is -0.258. The van der Waals surface area contributed by atoms with Crippen LogP contribution in [-0.4, -0.2) is 9.97 Å². The Hall–Kier alpha value is -3.53. The average Bonchev–Trinajstić information content (AvgIpc) is 3.06. The second kappa shape index (κ2) is 6.27. The highest BCUT2D eigenvalue weighted by Crippen LogP contribution is 2.40. The molecule has 0 amide bonds. The summed E-state index contributed by atoms with van der Waals surface area (Å²) in [6, 6.07) is 18.5. The van der Waals surface area contributed by atoms with Gasteiger partial charge in [0.05, 0.1) is 5.69 Å². The molecular formula is C24H17FN2O. The molecule has 5 aromatic rings. The van der Waals surface area contributed by atoms with Crippen LogP contribution in [-0.2, 0) is 0 Å².